The summed E-state index contributed by atoms with van der Waals surface area (Å²) < 4.78 is 2.20. The van der Waals surface area contributed by atoms with E-state index in [1.54, 1.807) is 11.3 Å². The first-order chi connectivity index (χ1) is 8.04. The van der Waals surface area contributed by atoms with Crippen LogP contribution in [0.25, 0.3) is 0 Å². The summed E-state index contributed by atoms with van der Waals surface area (Å²) >= 11 is 1.74. The van der Waals surface area contributed by atoms with Crippen molar-refractivity contribution in [1.82, 2.24) is 14.9 Å². The van der Waals surface area contributed by atoms with Gasteiger partial charge in [0.25, 0.3) is 0 Å². The molecular formula is C13H19N3S. The summed E-state index contributed by atoms with van der Waals surface area (Å²) in [5, 5.41) is 7.76. The van der Waals surface area contributed by atoms with Crippen molar-refractivity contribution in [3.8, 4) is 0 Å². The predicted octanol–water partition coefficient (Wildman–Crippen LogP) is 2.88. The van der Waals surface area contributed by atoms with Crippen molar-refractivity contribution >= 4 is 11.3 Å². The highest BCUT2D eigenvalue weighted by atomic mass is 32.1. The molecular weight excluding hydrogens is 230 g/mol. The topological polar surface area (TPSA) is 29.9 Å². The van der Waals surface area contributed by atoms with Gasteiger partial charge in [-0.15, -0.1) is 0 Å². The van der Waals surface area contributed by atoms with E-state index in [1.807, 2.05) is 12.4 Å². The van der Waals surface area contributed by atoms with E-state index in [2.05, 4.69) is 52.5 Å². The first kappa shape index (κ1) is 12.3. The fourth-order valence-corrected chi connectivity index (χ4v) is 2.23. The molecule has 0 amide bonds. The molecule has 3 nitrogen and oxygen atoms in total. The average molecular weight is 249 g/mol. The van der Waals surface area contributed by atoms with Crippen molar-refractivity contribution in [3.05, 3.63) is 40.6 Å². The number of rotatable bonds is 4. The second-order valence-corrected chi connectivity index (χ2v) is 5.99. The van der Waals surface area contributed by atoms with Gasteiger partial charge in [-0.25, -0.2) is 4.98 Å². The lowest BCUT2D eigenvalue weighted by atomic mass is 10.1. The SMILES string of the molecule is CC(C)(C)NCc1nccn1Cc1ccsc1. The van der Waals surface area contributed by atoms with Crippen molar-refractivity contribution in [2.24, 2.45) is 0 Å². The van der Waals surface area contributed by atoms with Gasteiger partial charge in [-0.3, -0.25) is 0 Å². The van der Waals surface area contributed by atoms with Crippen LogP contribution in [0.2, 0.25) is 0 Å². The number of aromatic nitrogens is 2. The molecule has 1 N–H and O–H groups in total. The zero-order valence-electron chi connectivity index (χ0n) is 10.6. The Morgan fingerprint density at radius 3 is 2.88 bits per heavy atom. The van der Waals surface area contributed by atoms with E-state index < -0.39 is 0 Å². The van der Waals surface area contributed by atoms with E-state index in [0.29, 0.717) is 0 Å². The molecule has 0 radical (unpaired) electrons. The molecule has 17 heavy (non-hydrogen) atoms. The first-order valence-corrected chi connectivity index (χ1v) is 6.75. The van der Waals surface area contributed by atoms with E-state index in [0.717, 1.165) is 18.9 Å². The fraction of sp³-hybridized carbons (Fsp3) is 0.462. The van der Waals surface area contributed by atoms with Gasteiger partial charge < -0.3 is 9.88 Å². The zero-order chi connectivity index (χ0) is 12.3. The van der Waals surface area contributed by atoms with Gasteiger partial charge >= 0.3 is 0 Å². The second kappa shape index (κ2) is 5.02. The maximum absolute atomic E-state index is 4.40. The third kappa shape index (κ3) is 3.68. The van der Waals surface area contributed by atoms with Gasteiger partial charge in [0, 0.05) is 24.5 Å². The lowest BCUT2D eigenvalue weighted by Gasteiger charge is -2.20. The van der Waals surface area contributed by atoms with Crippen LogP contribution in [0.3, 0.4) is 0 Å². The van der Waals surface area contributed by atoms with Crippen LogP contribution < -0.4 is 5.32 Å². The Kier molecular flexibility index (Phi) is 3.64. The van der Waals surface area contributed by atoms with Crippen molar-refractivity contribution < 1.29 is 0 Å². The molecule has 0 aromatic carbocycles. The summed E-state index contributed by atoms with van der Waals surface area (Å²) in [6, 6.07) is 2.16. The number of thiophene rings is 1. The number of nitrogens with zero attached hydrogens (tertiary/aromatic N) is 2. The molecule has 2 heterocycles. The largest absolute Gasteiger partial charge is 0.329 e. The molecule has 2 aromatic heterocycles. The summed E-state index contributed by atoms with van der Waals surface area (Å²) in [7, 11) is 0. The lowest BCUT2D eigenvalue weighted by Crippen LogP contribution is -2.35. The van der Waals surface area contributed by atoms with Gasteiger partial charge in [0.05, 0.1) is 6.54 Å². The van der Waals surface area contributed by atoms with Crippen LogP contribution in [0.1, 0.15) is 32.2 Å². The zero-order valence-corrected chi connectivity index (χ0v) is 11.4. The standard InChI is InChI=1S/C13H19N3S/c1-13(2,3)15-8-12-14-5-6-16(12)9-11-4-7-17-10-11/h4-7,10,15H,8-9H2,1-3H3. The van der Waals surface area contributed by atoms with Crippen LogP contribution >= 0.6 is 11.3 Å². The van der Waals surface area contributed by atoms with E-state index in [-0.39, 0.29) is 5.54 Å². The van der Waals surface area contributed by atoms with Crippen molar-refractivity contribution in [2.75, 3.05) is 0 Å². The maximum atomic E-state index is 4.40. The second-order valence-electron chi connectivity index (χ2n) is 5.21. The van der Waals surface area contributed by atoms with Crippen molar-refractivity contribution in [1.29, 1.82) is 0 Å². The molecule has 0 spiro atoms. The fourth-order valence-electron chi connectivity index (χ4n) is 1.57. The highest BCUT2D eigenvalue weighted by molar-refractivity contribution is 7.07. The number of imidazole rings is 1. The minimum atomic E-state index is 0.124. The van der Waals surface area contributed by atoms with Crippen LogP contribution in [0.4, 0.5) is 0 Å². The van der Waals surface area contributed by atoms with Crippen molar-refractivity contribution in [3.63, 3.8) is 0 Å². The van der Waals surface area contributed by atoms with E-state index in [4.69, 9.17) is 0 Å². The number of nitrogens with one attached hydrogen (secondary N) is 1. The monoisotopic (exact) mass is 249 g/mol. The van der Waals surface area contributed by atoms with Crippen LogP contribution in [-0.2, 0) is 13.1 Å². The molecule has 2 aromatic rings. The summed E-state index contributed by atoms with van der Waals surface area (Å²) in [5.74, 6) is 1.09. The Balaban J connectivity index is 2.02. The molecule has 0 aliphatic rings. The Morgan fingerprint density at radius 2 is 2.24 bits per heavy atom. The molecule has 0 unspecified atom stereocenters. The Labute approximate surface area is 107 Å². The molecule has 0 atom stereocenters. The molecule has 4 heteroatoms. The third-order valence-electron chi connectivity index (χ3n) is 2.51. The van der Waals surface area contributed by atoms with Gasteiger partial charge in [-0.1, -0.05) is 0 Å². The van der Waals surface area contributed by atoms with E-state index in [1.165, 1.54) is 5.56 Å². The third-order valence-corrected chi connectivity index (χ3v) is 3.24. The average Bonchev–Trinajstić information content (AvgIpc) is 2.86. The molecule has 0 aliphatic carbocycles. The van der Waals surface area contributed by atoms with Gasteiger partial charge in [-0.2, -0.15) is 11.3 Å². The van der Waals surface area contributed by atoms with Gasteiger partial charge in [0.2, 0.25) is 0 Å². The summed E-state index contributed by atoms with van der Waals surface area (Å²) in [5.41, 5.74) is 1.46. The van der Waals surface area contributed by atoms with Crippen molar-refractivity contribution in [2.45, 2.75) is 39.4 Å². The number of hydrogen-bond acceptors (Lipinski definition) is 3. The minimum absolute atomic E-state index is 0.124. The lowest BCUT2D eigenvalue weighted by molar-refractivity contribution is 0.413. The molecule has 0 fully saturated rings. The Morgan fingerprint density at radius 1 is 1.41 bits per heavy atom. The van der Waals surface area contributed by atoms with Crippen LogP contribution in [-0.4, -0.2) is 15.1 Å². The van der Waals surface area contributed by atoms with Gasteiger partial charge in [-0.05, 0) is 43.2 Å². The summed E-state index contributed by atoms with van der Waals surface area (Å²) in [6.07, 6.45) is 3.91. The van der Waals surface area contributed by atoms with Crippen LogP contribution in [0.5, 0.6) is 0 Å². The Hall–Kier alpha value is -1.13. The highest BCUT2D eigenvalue weighted by Gasteiger charge is 2.11. The smallest absolute Gasteiger partial charge is 0.122 e. The normalized spacial score (nSPS) is 11.9. The maximum Gasteiger partial charge on any atom is 0.122 e. The first-order valence-electron chi connectivity index (χ1n) is 5.81. The molecule has 2 rings (SSSR count). The minimum Gasteiger partial charge on any atom is -0.329 e. The predicted molar refractivity (Wildman–Crippen MR) is 72.2 cm³/mol. The molecule has 0 saturated heterocycles. The van der Waals surface area contributed by atoms with Crippen LogP contribution in [0.15, 0.2) is 29.2 Å². The molecule has 0 aliphatic heterocycles. The number of hydrogen-bond donors (Lipinski definition) is 1. The van der Waals surface area contributed by atoms with E-state index in [9.17, 15) is 0 Å². The summed E-state index contributed by atoms with van der Waals surface area (Å²) in [4.78, 5) is 4.40. The van der Waals surface area contributed by atoms with Gasteiger partial charge in [0.15, 0.2) is 0 Å². The molecule has 92 valence electrons. The quantitative estimate of drug-likeness (QED) is 0.903. The highest BCUT2D eigenvalue weighted by Crippen LogP contribution is 2.10. The molecule has 0 bridgehead atoms. The van der Waals surface area contributed by atoms with Gasteiger partial charge in [0.1, 0.15) is 5.82 Å². The Bertz CT molecular complexity index is 451. The van der Waals surface area contributed by atoms with E-state index >= 15 is 0 Å². The summed E-state index contributed by atoms with van der Waals surface area (Å²) in [6.45, 7) is 8.21. The van der Waals surface area contributed by atoms with Crippen LogP contribution in [0, 0.1) is 0 Å². The molecule has 0 saturated carbocycles.